The molecule has 0 radical (unpaired) electrons. The second-order valence-corrected chi connectivity index (χ2v) is 5.54. The molecule has 0 aromatic heterocycles. The van der Waals surface area contributed by atoms with Gasteiger partial charge in [0.15, 0.2) is 6.10 Å². The minimum atomic E-state index is -0.948. The maximum atomic E-state index is 12.3. The number of ketones is 1. The van der Waals surface area contributed by atoms with Crippen molar-refractivity contribution >= 4 is 17.4 Å². The van der Waals surface area contributed by atoms with Crippen LogP contribution in [0.15, 0.2) is 42.5 Å². The molecule has 0 unspecified atom stereocenters. The zero-order valence-corrected chi connectivity index (χ0v) is 13.6. The summed E-state index contributed by atoms with van der Waals surface area (Å²) in [5.41, 5.74) is 1.93. The van der Waals surface area contributed by atoms with E-state index in [1.807, 2.05) is 19.1 Å². The second kappa shape index (κ2) is 7.04. The molecule has 2 aromatic carbocycles. The quantitative estimate of drug-likeness (QED) is 0.362. The number of nitrogens with zero attached hydrogens (tertiary/aromatic N) is 1. The molecule has 0 spiro atoms. The Labute approximate surface area is 139 Å². The third-order valence-electron chi connectivity index (χ3n) is 3.62. The smallest absolute Gasteiger partial charge is 0.338 e. The van der Waals surface area contributed by atoms with Gasteiger partial charge in [0.2, 0.25) is 5.78 Å². The molecule has 0 saturated carbocycles. The van der Waals surface area contributed by atoms with Crippen molar-refractivity contribution in [3.8, 4) is 0 Å². The Kier molecular flexibility index (Phi) is 5.08. The van der Waals surface area contributed by atoms with Gasteiger partial charge in [-0.05, 0) is 32.9 Å². The lowest BCUT2D eigenvalue weighted by atomic mass is 10.1. The number of aryl methyl sites for hydroxylation is 2. The van der Waals surface area contributed by atoms with Crippen molar-refractivity contribution in [1.82, 2.24) is 0 Å². The number of rotatable bonds is 5. The van der Waals surface area contributed by atoms with Crippen LogP contribution in [0.5, 0.6) is 0 Å². The Morgan fingerprint density at radius 3 is 2.17 bits per heavy atom. The van der Waals surface area contributed by atoms with Gasteiger partial charge in [-0.15, -0.1) is 0 Å². The van der Waals surface area contributed by atoms with Crippen molar-refractivity contribution in [2.24, 2.45) is 0 Å². The maximum absolute atomic E-state index is 12.3. The van der Waals surface area contributed by atoms with Crippen LogP contribution in [-0.2, 0) is 4.74 Å². The number of hydrogen-bond donors (Lipinski definition) is 0. The number of esters is 1. The normalized spacial score (nSPS) is 11.6. The fraction of sp³-hybridized carbons (Fsp3) is 0.222. The van der Waals surface area contributed by atoms with Crippen molar-refractivity contribution in [3.63, 3.8) is 0 Å². The summed E-state index contributed by atoms with van der Waals surface area (Å²) in [4.78, 5) is 34.7. The minimum Gasteiger partial charge on any atom is -0.451 e. The number of hydrogen-bond acceptors (Lipinski definition) is 5. The summed E-state index contributed by atoms with van der Waals surface area (Å²) < 4.78 is 5.18. The van der Waals surface area contributed by atoms with Gasteiger partial charge >= 0.3 is 5.97 Å². The topological polar surface area (TPSA) is 86.5 Å². The van der Waals surface area contributed by atoms with E-state index in [0.717, 1.165) is 5.56 Å². The molecule has 0 heterocycles. The third-order valence-corrected chi connectivity index (χ3v) is 3.62. The number of nitro groups is 1. The van der Waals surface area contributed by atoms with Crippen LogP contribution in [0.25, 0.3) is 0 Å². The standard InChI is InChI=1S/C18H17NO5/c1-11-4-6-14(7-5-11)17(20)13(3)24-18(21)15-8-9-16(19(22)23)12(2)10-15/h4-10,13H,1-3H3/t13-/m1/s1. The number of ether oxygens (including phenoxy) is 1. The molecule has 6 heteroatoms. The van der Waals surface area contributed by atoms with Crippen LogP contribution < -0.4 is 0 Å². The molecule has 1 atom stereocenters. The molecule has 0 bridgehead atoms. The number of nitro benzene ring substituents is 1. The monoisotopic (exact) mass is 327 g/mol. The maximum Gasteiger partial charge on any atom is 0.338 e. The molecule has 2 rings (SSSR count). The van der Waals surface area contributed by atoms with Crippen molar-refractivity contribution < 1.29 is 19.2 Å². The number of carbonyl (C=O) groups excluding carboxylic acids is 2. The molecular weight excluding hydrogens is 310 g/mol. The van der Waals surface area contributed by atoms with Gasteiger partial charge in [0.25, 0.3) is 5.69 Å². The summed E-state index contributed by atoms with van der Waals surface area (Å²) in [6, 6.07) is 10.9. The predicted molar refractivity (Wildman–Crippen MR) is 88.2 cm³/mol. The van der Waals surface area contributed by atoms with Crippen LogP contribution in [0.4, 0.5) is 5.69 Å². The molecule has 124 valence electrons. The van der Waals surface area contributed by atoms with E-state index in [1.165, 1.54) is 32.0 Å². The van der Waals surface area contributed by atoms with E-state index in [1.54, 1.807) is 12.1 Å². The van der Waals surface area contributed by atoms with Crippen molar-refractivity contribution in [2.75, 3.05) is 0 Å². The molecular formula is C18H17NO5. The SMILES string of the molecule is Cc1ccc(C(=O)[C@@H](C)OC(=O)c2ccc([N+](=O)[O-])c(C)c2)cc1. The first-order chi connectivity index (χ1) is 11.3. The minimum absolute atomic E-state index is 0.0738. The Morgan fingerprint density at radius 1 is 1.04 bits per heavy atom. The van der Waals surface area contributed by atoms with Gasteiger partial charge in [-0.25, -0.2) is 4.79 Å². The number of carbonyl (C=O) groups is 2. The number of Topliss-reactive ketones (excluding diaryl/α,β-unsaturated/α-hetero) is 1. The third kappa shape index (κ3) is 3.84. The zero-order valence-electron chi connectivity index (χ0n) is 13.6. The first kappa shape index (κ1) is 17.3. The fourth-order valence-electron chi connectivity index (χ4n) is 2.22. The first-order valence-corrected chi connectivity index (χ1v) is 7.36. The predicted octanol–water partition coefficient (Wildman–Crippen LogP) is 3.64. The van der Waals surface area contributed by atoms with E-state index in [4.69, 9.17) is 4.74 Å². The summed E-state index contributed by atoms with van der Waals surface area (Å²) in [6.45, 7) is 4.95. The Bertz CT molecular complexity index is 796. The zero-order chi connectivity index (χ0) is 17.9. The molecule has 0 saturated heterocycles. The molecule has 6 nitrogen and oxygen atoms in total. The highest BCUT2D eigenvalue weighted by atomic mass is 16.6. The van der Waals surface area contributed by atoms with E-state index in [2.05, 4.69) is 0 Å². The highest BCUT2D eigenvalue weighted by Crippen LogP contribution is 2.20. The van der Waals surface area contributed by atoms with E-state index < -0.39 is 17.0 Å². The Hall–Kier alpha value is -3.02. The highest BCUT2D eigenvalue weighted by Gasteiger charge is 2.21. The van der Waals surface area contributed by atoms with Crippen LogP contribution in [0.1, 0.15) is 38.8 Å². The van der Waals surface area contributed by atoms with Gasteiger partial charge in [-0.2, -0.15) is 0 Å². The molecule has 0 aliphatic rings. The molecule has 2 aromatic rings. The molecule has 0 aliphatic heterocycles. The van der Waals surface area contributed by atoms with E-state index in [-0.39, 0.29) is 17.0 Å². The highest BCUT2D eigenvalue weighted by molar-refractivity contribution is 6.01. The van der Waals surface area contributed by atoms with Gasteiger partial charge < -0.3 is 4.74 Å². The summed E-state index contributed by atoms with van der Waals surface area (Å²) >= 11 is 0. The van der Waals surface area contributed by atoms with E-state index in [9.17, 15) is 19.7 Å². The summed E-state index contributed by atoms with van der Waals surface area (Å²) in [7, 11) is 0. The molecule has 0 fully saturated rings. The van der Waals surface area contributed by atoms with Crippen molar-refractivity contribution in [2.45, 2.75) is 26.9 Å². The fourth-order valence-corrected chi connectivity index (χ4v) is 2.22. The van der Waals surface area contributed by atoms with Crippen LogP contribution >= 0.6 is 0 Å². The van der Waals surface area contributed by atoms with Crippen LogP contribution in [0, 0.1) is 24.0 Å². The van der Waals surface area contributed by atoms with Gasteiger partial charge in [-0.1, -0.05) is 29.8 Å². The average Bonchev–Trinajstić information content (AvgIpc) is 2.54. The Balaban J connectivity index is 2.11. The second-order valence-electron chi connectivity index (χ2n) is 5.54. The lowest BCUT2D eigenvalue weighted by Gasteiger charge is -2.13. The van der Waals surface area contributed by atoms with Crippen molar-refractivity contribution in [1.29, 1.82) is 0 Å². The molecule has 24 heavy (non-hydrogen) atoms. The lowest BCUT2D eigenvalue weighted by molar-refractivity contribution is -0.385. The first-order valence-electron chi connectivity index (χ1n) is 7.36. The van der Waals surface area contributed by atoms with Gasteiger partial charge in [0.05, 0.1) is 10.5 Å². The molecule has 0 N–H and O–H groups in total. The molecule has 0 amide bonds. The Morgan fingerprint density at radius 2 is 1.62 bits per heavy atom. The van der Waals surface area contributed by atoms with Crippen LogP contribution in [-0.4, -0.2) is 22.8 Å². The summed E-state index contributed by atoms with van der Waals surface area (Å²) in [6.07, 6.45) is -0.948. The average molecular weight is 327 g/mol. The largest absolute Gasteiger partial charge is 0.451 e. The van der Waals surface area contributed by atoms with Gasteiger partial charge in [0, 0.05) is 17.2 Å². The van der Waals surface area contributed by atoms with E-state index in [0.29, 0.717) is 11.1 Å². The lowest BCUT2D eigenvalue weighted by Crippen LogP contribution is -2.24. The van der Waals surface area contributed by atoms with Crippen LogP contribution in [0.3, 0.4) is 0 Å². The number of benzene rings is 2. The van der Waals surface area contributed by atoms with E-state index >= 15 is 0 Å². The van der Waals surface area contributed by atoms with Crippen LogP contribution in [0.2, 0.25) is 0 Å². The summed E-state index contributed by atoms with van der Waals surface area (Å²) in [5, 5.41) is 10.8. The summed E-state index contributed by atoms with van der Waals surface area (Å²) in [5.74, 6) is -0.997. The van der Waals surface area contributed by atoms with Gasteiger partial charge in [0.1, 0.15) is 0 Å². The van der Waals surface area contributed by atoms with Gasteiger partial charge in [-0.3, -0.25) is 14.9 Å². The molecule has 0 aliphatic carbocycles. The van der Waals surface area contributed by atoms with Crippen molar-refractivity contribution in [3.05, 3.63) is 74.8 Å².